The summed E-state index contributed by atoms with van der Waals surface area (Å²) < 4.78 is 4.81. The molecule has 0 saturated carbocycles. The predicted molar refractivity (Wildman–Crippen MR) is 75.7 cm³/mol. The number of fused-ring (bicyclic) bond motifs is 1. The second kappa shape index (κ2) is 5.40. The fourth-order valence-electron chi connectivity index (χ4n) is 2.43. The molecule has 1 N–H and O–H groups in total. The van der Waals surface area contributed by atoms with Gasteiger partial charge in [-0.05, 0) is 29.7 Å². The molecule has 0 aliphatic carbocycles. The average molecular weight is 285 g/mol. The maximum absolute atomic E-state index is 11.9. The Labute approximate surface area is 121 Å². The lowest BCUT2D eigenvalue weighted by molar-refractivity contribution is -0.129. The van der Waals surface area contributed by atoms with E-state index < -0.39 is 0 Å². The molecule has 2 heterocycles. The van der Waals surface area contributed by atoms with E-state index >= 15 is 0 Å². The molecule has 1 aliphatic rings. The van der Waals surface area contributed by atoms with Crippen molar-refractivity contribution in [3.05, 3.63) is 47.3 Å². The van der Waals surface area contributed by atoms with E-state index in [0.717, 1.165) is 18.5 Å². The standard InChI is InChI=1S/C15H15N3O3/c1-10(19)18-7-5-11-2-3-13(8-12(11)9-18)17-15(20)14-4-6-16-21-14/h2-4,6,8H,5,7,9H2,1H3,(H,17,20). The topological polar surface area (TPSA) is 75.4 Å². The Hall–Kier alpha value is -2.63. The fourth-order valence-corrected chi connectivity index (χ4v) is 2.43. The van der Waals surface area contributed by atoms with E-state index in [-0.39, 0.29) is 17.6 Å². The van der Waals surface area contributed by atoms with Gasteiger partial charge in [-0.3, -0.25) is 9.59 Å². The van der Waals surface area contributed by atoms with E-state index in [9.17, 15) is 9.59 Å². The number of benzene rings is 1. The van der Waals surface area contributed by atoms with Crippen molar-refractivity contribution in [1.29, 1.82) is 0 Å². The predicted octanol–water partition coefficient (Wildman–Crippen LogP) is 1.83. The summed E-state index contributed by atoms with van der Waals surface area (Å²) >= 11 is 0. The summed E-state index contributed by atoms with van der Waals surface area (Å²) in [4.78, 5) is 25.2. The first-order valence-corrected chi connectivity index (χ1v) is 6.73. The smallest absolute Gasteiger partial charge is 0.294 e. The highest BCUT2D eigenvalue weighted by molar-refractivity contribution is 6.02. The number of aromatic nitrogens is 1. The molecule has 1 aliphatic heterocycles. The van der Waals surface area contributed by atoms with Gasteiger partial charge in [-0.25, -0.2) is 0 Å². The van der Waals surface area contributed by atoms with Crippen LogP contribution in [0.4, 0.5) is 5.69 Å². The van der Waals surface area contributed by atoms with Gasteiger partial charge in [0.25, 0.3) is 5.91 Å². The summed E-state index contributed by atoms with van der Waals surface area (Å²) in [5.74, 6) is -0.110. The van der Waals surface area contributed by atoms with Gasteiger partial charge in [-0.1, -0.05) is 11.2 Å². The molecule has 3 rings (SSSR count). The minimum absolute atomic E-state index is 0.0664. The van der Waals surface area contributed by atoms with Gasteiger partial charge in [0.05, 0.1) is 6.20 Å². The van der Waals surface area contributed by atoms with E-state index in [1.54, 1.807) is 11.8 Å². The zero-order valence-electron chi connectivity index (χ0n) is 11.6. The van der Waals surface area contributed by atoms with Gasteiger partial charge < -0.3 is 14.7 Å². The molecule has 0 bridgehead atoms. The molecule has 0 fully saturated rings. The number of nitrogens with one attached hydrogen (secondary N) is 1. The highest BCUT2D eigenvalue weighted by Crippen LogP contribution is 2.23. The Morgan fingerprint density at radius 2 is 2.14 bits per heavy atom. The first-order valence-electron chi connectivity index (χ1n) is 6.73. The third-order valence-corrected chi connectivity index (χ3v) is 3.58. The normalized spacial score (nSPS) is 13.7. The van der Waals surface area contributed by atoms with Crippen molar-refractivity contribution in [2.24, 2.45) is 0 Å². The average Bonchev–Trinajstić information content (AvgIpc) is 3.00. The van der Waals surface area contributed by atoms with Crippen LogP contribution in [0.25, 0.3) is 0 Å². The van der Waals surface area contributed by atoms with Crippen LogP contribution in [0, 0.1) is 0 Å². The van der Waals surface area contributed by atoms with E-state index in [4.69, 9.17) is 4.52 Å². The maximum Gasteiger partial charge on any atom is 0.294 e. The van der Waals surface area contributed by atoms with Crippen molar-refractivity contribution in [1.82, 2.24) is 10.1 Å². The van der Waals surface area contributed by atoms with E-state index in [1.807, 2.05) is 18.2 Å². The minimum Gasteiger partial charge on any atom is -0.351 e. The van der Waals surface area contributed by atoms with Crippen LogP contribution in [0.1, 0.15) is 28.6 Å². The number of nitrogens with zero attached hydrogens (tertiary/aromatic N) is 2. The maximum atomic E-state index is 11.9. The van der Waals surface area contributed by atoms with E-state index in [0.29, 0.717) is 12.2 Å². The SMILES string of the molecule is CC(=O)N1CCc2ccc(NC(=O)c3ccno3)cc2C1. The van der Waals surface area contributed by atoms with Gasteiger partial charge in [0.15, 0.2) is 0 Å². The van der Waals surface area contributed by atoms with Crippen molar-refractivity contribution in [3.63, 3.8) is 0 Å². The van der Waals surface area contributed by atoms with Crippen LogP contribution >= 0.6 is 0 Å². The lowest BCUT2D eigenvalue weighted by Crippen LogP contribution is -2.34. The molecule has 108 valence electrons. The van der Waals surface area contributed by atoms with Crippen molar-refractivity contribution < 1.29 is 14.1 Å². The lowest BCUT2D eigenvalue weighted by atomic mass is 9.99. The van der Waals surface area contributed by atoms with Crippen LogP contribution in [0.3, 0.4) is 0 Å². The molecular weight excluding hydrogens is 270 g/mol. The minimum atomic E-state index is -0.341. The highest BCUT2D eigenvalue weighted by atomic mass is 16.5. The number of hydrogen-bond acceptors (Lipinski definition) is 4. The van der Waals surface area contributed by atoms with Gasteiger partial charge in [0.1, 0.15) is 0 Å². The summed E-state index contributed by atoms with van der Waals surface area (Å²) in [5.41, 5.74) is 2.96. The van der Waals surface area contributed by atoms with Crippen LogP contribution in [-0.4, -0.2) is 28.4 Å². The summed E-state index contributed by atoms with van der Waals surface area (Å²) in [5, 5.41) is 6.27. The molecule has 0 spiro atoms. The van der Waals surface area contributed by atoms with E-state index in [2.05, 4.69) is 10.5 Å². The summed E-state index contributed by atoms with van der Waals surface area (Å²) in [7, 11) is 0. The Bertz CT molecular complexity index is 679. The molecule has 6 heteroatoms. The number of rotatable bonds is 2. The lowest BCUT2D eigenvalue weighted by Gasteiger charge is -2.28. The van der Waals surface area contributed by atoms with Gasteiger partial charge >= 0.3 is 0 Å². The number of carbonyl (C=O) groups excluding carboxylic acids is 2. The molecule has 1 aromatic carbocycles. The summed E-state index contributed by atoms with van der Waals surface area (Å²) in [6.07, 6.45) is 2.26. The molecule has 1 aromatic heterocycles. The Morgan fingerprint density at radius 1 is 1.29 bits per heavy atom. The molecule has 2 aromatic rings. The van der Waals surface area contributed by atoms with Gasteiger partial charge in [0.2, 0.25) is 11.7 Å². The molecule has 6 nitrogen and oxygen atoms in total. The summed E-state index contributed by atoms with van der Waals surface area (Å²) in [6.45, 7) is 2.89. The van der Waals surface area contributed by atoms with Crippen molar-refractivity contribution >= 4 is 17.5 Å². The Balaban J connectivity index is 1.78. The largest absolute Gasteiger partial charge is 0.351 e. The molecule has 0 saturated heterocycles. The monoisotopic (exact) mass is 285 g/mol. The molecular formula is C15H15N3O3. The van der Waals surface area contributed by atoms with E-state index in [1.165, 1.54) is 17.8 Å². The first kappa shape index (κ1) is 13.4. The van der Waals surface area contributed by atoms with Crippen LogP contribution in [-0.2, 0) is 17.8 Å². The number of hydrogen-bond donors (Lipinski definition) is 1. The van der Waals surface area contributed by atoms with Crippen molar-refractivity contribution in [2.75, 3.05) is 11.9 Å². The quantitative estimate of drug-likeness (QED) is 0.913. The third kappa shape index (κ3) is 2.79. The number of carbonyl (C=O) groups is 2. The van der Waals surface area contributed by atoms with Crippen LogP contribution in [0.2, 0.25) is 0 Å². The molecule has 0 atom stereocenters. The fraction of sp³-hybridized carbons (Fsp3) is 0.267. The van der Waals surface area contributed by atoms with Crippen molar-refractivity contribution in [3.8, 4) is 0 Å². The molecule has 0 radical (unpaired) electrons. The molecule has 2 amide bonds. The second-order valence-corrected chi connectivity index (χ2v) is 5.00. The van der Waals surface area contributed by atoms with Gasteiger partial charge in [-0.2, -0.15) is 0 Å². The van der Waals surface area contributed by atoms with Crippen LogP contribution in [0.15, 0.2) is 35.0 Å². The molecule has 0 unspecified atom stereocenters. The first-order chi connectivity index (χ1) is 10.1. The van der Waals surface area contributed by atoms with Gasteiger partial charge in [0, 0.05) is 31.8 Å². The number of anilines is 1. The Morgan fingerprint density at radius 3 is 2.86 bits per heavy atom. The molecule has 21 heavy (non-hydrogen) atoms. The zero-order valence-corrected chi connectivity index (χ0v) is 11.6. The second-order valence-electron chi connectivity index (χ2n) is 5.00. The number of amides is 2. The highest BCUT2D eigenvalue weighted by Gasteiger charge is 2.19. The third-order valence-electron chi connectivity index (χ3n) is 3.58. The zero-order chi connectivity index (χ0) is 14.8. The van der Waals surface area contributed by atoms with Gasteiger partial charge in [-0.15, -0.1) is 0 Å². The van der Waals surface area contributed by atoms with Crippen LogP contribution in [0.5, 0.6) is 0 Å². The van der Waals surface area contributed by atoms with Crippen molar-refractivity contribution in [2.45, 2.75) is 19.9 Å². The summed E-state index contributed by atoms with van der Waals surface area (Å²) in [6, 6.07) is 7.25. The Kier molecular flexibility index (Phi) is 3.43. The van der Waals surface area contributed by atoms with Crippen LogP contribution < -0.4 is 5.32 Å².